The lowest BCUT2D eigenvalue weighted by Crippen LogP contribution is -2.26. The number of carbonyl (C=O) groups excluding carboxylic acids is 1. The van der Waals surface area contributed by atoms with E-state index in [0.29, 0.717) is 33.0 Å². The Balaban J connectivity index is 1.46. The van der Waals surface area contributed by atoms with Crippen molar-refractivity contribution in [2.24, 2.45) is 0 Å². The van der Waals surface area contributed by atoms with Crippen LogP contribution in [-0.4, -0.2) is 20.7 Å². The van der Waals surface area contributed by atoms with E-state index in [2.05, 4.69) is 15.4 Å². The van der Waals surface area contributed by atoms with Crippen LogP contribution in [0.25, 0.3) is 16.5 Å². The van der Waals surface area contributed by atoms with Crippen molar-refractivity contribution in [1.82, 2.24) is 14.8 Å². The van der Waals surface area contributed by atoms with Gasteiger partial charge in [-0.25, -0.2) is 4.98 Å². The first kappa shape index (κ1) is 21.1. The van der Waals surface area contributed by atoms with E-state index in [0.717, 1.165) is 10.4 Å². The van der Waals surface area contributed by atoms with Crippen molar-refractivity contribution in [1.29, 1.82) is 0 Å². The molecule has 5 rings (SSSR count). The summed E-state index contributed by atoms with van der Waals surface area (Å²) in [5.41, 5.74) is 1.56. The van der Waals surface area contributed by atoms with Crippen molar-refractivity contribution in [2.45, 2.75) is 6.42 Å². The highest BCUT2D eigenvalue weighted by Crippen LogP contribution is 2.23. The van der Waals surface area contributed by atoms with Crippen LogP contribution in [-0.2, 0) is 6.42 Å². The first-order valence-electron chi connectivity index (χ1n) is 10.2. The Labute approximate surface area is 198 Å². The lowest BCUT2D eigenvalue weighted by Gasteiger charge is -2.10. The molecule has 162 valence electrons. The molecular weight excluding hydrogens is 456 g/mol. The highest BCUT2D eigenvalue weighted by molar-refractivity contribution is 7.15. The number of carbonyl (C=O) groups is 1. The maximum absolute atomic E-state index is 13.2. The topological polar surface area (TPSA) is 76.9 Å². The minimum Gasteiger partial charge on any atom is -0.296 e. The van der Waals surface area contributed by atoms with Gasteiger partial charge in [0.2, 0.25) is 0 Å². The summed E-state index contributed by atoms with van der Waals surface area (Å²) in [5, 5.41) is 9.30. The number of nitrogens with zero attached hydrogens (tertiary/aromatic N) is 3. The van der Waals surface area contributed by atoms with Crippen LogP contribution in [0.4, 0.5) is 5.13 Å². The summed E-state index contributed by atoms with van der Waals surface area (Å²) in [6.45, 7) is 0. The summed E-state index contributed by atoms with van der Waals surface area (Å²) < 4.78 is 1.26. The van der Waals surface area contributed by atoms with Crippen molar-refractivity contribution in [3.05, 3.63) is 117 Å². The molecule has 0 unspecified atom stereocenters. The summed E-state index contributed by atoms with van der Waals surface area (Å²) in [5.74, 6) is -0.428. The molecule has 0 bridgehead atoms. The first-order chi connectivity index (χ1) is 16.1. The third-order valence-corrected chi connectivity index (χ3v) is 6.25. The van der Waals surface area contributed by atoms with E-state index in [1.54, 1.807) is 42.6 Å². The fourth-order valence-electron chi connectivity index (χ4n) is 3.51. The number of halogens is 1. The van der Waals surface area contributed by atoms with Crippen LogP contribution < -0.4 is 10.9 Å². The van der Waals surface area contributed by atoms with Gasteiger partial charge in [-0.15, -0.1) is 11.3 Å². The molecule has 8 heteroatoms. The monoisotopic (exact) mass is 472 g/mol. The van der Waals surface area contributed by atoms with Gasteiger partial charge in [-0.2, -0.15) is 9.78 Å². The Bertz CT molecular complexity index is 1510. The second kappa shape index (κ2) is 8.97. The second-order valence-corrected chi connectivity index (χ2v) is 8.89. The summed E-state index contributed by atoms with van der Waals surface area (Å²) in [4.78, 5) is 31.5. The van der Waals surface area contributed by atoms with Crippen molar-refractivity contribution in [3.63, 3.8) is 0 Å². The molecule has 0 fully saturated rings. The standard InChI is InChI=1S/C25H17ClN4O2S/c26-17-12-10-16(11-13-17)14-19-15-27-25(33-19)28-23(31)22-20-8-4-5-9-21(20)24(32)30(29-22)18-6-2-1-3-7-18/h1-13,15H,14H2,(H,27,28,31). The van der Waals surface area contributed by atoms with E-state index in [1.165, 1.54) is 16.0 Å². The van der Waals surface area contributed by atoms with E-state index in [4.69, 9.17) is 11.6 Å². The van der Waals surface area contributed by atoms with Gasteiger partial charge in [0.15, 0.2) is 10.8 Å². The average molecular weight is 473 g/mol. The highest BCUT2D eigenvalue weighted by atomic mass is 35.5. The summed E-state index contributed by atoms with van der Waals surface area (Å²) in [6, 6.07) is 23.6. The van der Waals surface area contributed by atoms with Gasteiger partial charge in [0.1, 0.15) is 0 Å². The zero-order valence-corrected chi connectivity index (χ0v) is 18.8. The number of hydrogen-bond donors (Lipinski definition) is 1. The molecule has 3 aromatic carbocycles. The zero-order valence-electron chi connectivity index (χ0n) is 17.2. The normalized spacial score (nSPS) is 10.9. The molecule has 1 amide bonds. The second-order valence-electron chi connectivity index (χ2n) is 7.34. The molecule has 2 aromatic heterocycles. The first-order valence-corrected chi connectivity index (χ1v) is 11.4. The number of aromatic nitrogens is 3. The van der Waals surface area contributed by atoms with E-state index < -0.39 is 5.91 Å². The summed E-state index contributed by atoms with van der Waals surface area (Å²) in [6.07, 6.45) is 2.43. The number of hydrogen-bond acceptors (Lipinski definition) is 5. The van der Waals surface area contributed by atoms with Crippen molar-refractivity contribution in [2.75, 3.05) is 5.32 Å². The lowest BCUT2D eigenvalue weighted by molar-refractivity contribution is 0.102. The number of para-hydroxylation sites is 1. The van der Waals surface area contributed by atoms with Gasteiger partial charge in [0, 0.05) is 27.9 Å². The molecule has 1 N–H and O–H groups in total. The number of amides is 1. The number of nitrogens with one attached hydrogen (secondary N) is 1. The summed E-state index contributed by atoms with van der Waals surface area (Å²) in [7, 11) is 0. The molecular formula is C25H17ClN4O2S. The third-order valence-electron chi connectivity index (χ3n) is 5.09. The Morgan fingerprint density at radius 2 is 1.64 bits per heavy atom. The quantitative estimate of drug-likeness (QED) is 0.374. The Morgan fingerprint density at radius 3 is 2.39 bits per heavy atom. The van der Waals surface area contributed by atoms with Crippen LogP contribution in [0.1, 0.15) is 20.9 Å². The molecule has 33 heavy (non-hydrogen) atoms. The van der Waals surface area contributed by atoms with Crippen LogP contribution in [0.3, 0.4) is 0 Å². The van der Waals surface area contributed by atoms with Gasteiger partial charge in [-0.3, -0.25) is 14.9 Å². The average Bonchev–Trinajstić information content (AvgIpc) is 3.28. The van der Waals surface area contributed by atoms with E-state index >= 15 is 0 Å². The van der Waals surface area contributed by atoms with Crippen molar-refractivity contribution in [3.8, 4) is 5.69 Å². The molecule has 0 saturated heterocycles. The fourth-order valence-corrected chi connectivity index (χ4v) is 4.48. The third kappa shape index (κ3) is 4.41. The minimum absolute atomic E-state index is 0.156. The maximum atomic E-state index is 13.2. The van der Waals surface area contributed by atoms with Crippen molar-refractivity contribution >= 4 is 44.7 Å². The van der Waals surface area contributed by atoms with E-state index in [1.807, 2.05) is 42.5 Å². The van der Waals surface area contributed by atoms with Gasteiger partial charge in [0.25, 0.3) is 11.5 Å². The Kier molecular flexibility index (Phi) is 5.73. The van der Waals surface area contributed by atoms with E-state index in [9.17, 15) is 9.59 Å². The molecule has 0 aliphatic rings. The minimum atomic E-state index is -0.428. The largest absolute Gasteiger partial charge is 0.296 e. The maximum Gasteiger partial charge on any atom is 0.279 e. The van der Waals surface area contributed by atoms with Gasteiger partial charge >= 0.3 is 0 Å². The Hall–Kier alpha value is -3.81. The highest BCUT2D eigenvalue weighted by Gasteiger charge is 2.18. The van der Waals surface area contributed by atoms with Gasteiger partial charge in [-0.1, -0.05) is 60.1 Å². The van der Waals surface area contributed by atoms with Crippen LogP contribution in [0.15, 0.2) is 89.9 Å². The molecule has 2 heterocycles. The molecule has 0 aliphatic heterocycles. The molecule has 0 atom stereocenters. The molecule has 0 radical (unpaired) electrons. The van der Waals surface area contributed by atoms with Gasteiger partial charge in [0.05, 0.1) is 11.1 Å². The molecule has 5 aromatic rings. The summed E-state index contributed by atoms with van der Waals surface area (Å²) >= 11 is 7.34. The SMILES string of the molecule is O=C(Nc1ncc(Cc2ccc(Cl)cc2)s1)c1nn(-c2ccccc2)c(=O)c2ccccc12. The van der Waals surface area contributed by atoms with E-state index in [-0.39, 0.29) is 11.3 Å². The van der Waals surface area contributed by atoms with Crippen molar-refractivity contribution < 1.29 is 4.79 Å². The number of thiazole rings is 1. The zero-order chi connectivity index (χ0) is 22.8. The smallest absolute Gasteiger partial charge is 0.279 e. The van der Waals surface area contributed by atoms with Crippen LogP contribution >= 0.6 is 22.9 Å². The molecule has 0 spiro atoms. The van der Waals surface area contributed by atoms with Crippen LogP contribution in [0.5, 0.6) is 0 Å². The number of benzene rings is 3. The lowest BCUT2D eigenvalue weighted by atomic mass is 10.1. The molecule has 0 saturated carbocycles. The Morgan fingerprint density at radius 1 is 0.939 bits per heavy atom. The van der Waals surface area contributed by atoms with Gasteiger partial charge < -0.3 is 0 Å². The van der Waals surface area contributed by atoms with Crippen LogP contribution in [0.2, 0.25) is 5.02 Å². The number of fused-ring (bicyclic) bond motifs is 1. The van der Waals surface area contributed by atoms with Crippen LogP contribution in [0, 0.1) is 0 Å². The fraction of sp³-hybridized carbons (Fsp3) is 0.0400. The molecule has 6 nitrogen and oxygen atoms in total. The molecule has 0 aliphatic carbocycles. The predicted molar refractivity (Wildman–Crippen MR) is 132 cm³/mol. The predicted octanol–water partition coefficient (Wildman–Crippen LogP) is 5.34. The number of anilines is 1. The van der Waals surface area contributed by atoms with Gasteiger partial charge in [-0.05, 0) is 35.9 Å². The number of rotatable bonds is 5.